The molecule has 0 spiro atoms. The molecule has 1 aromatic rings. The summed E-state index contributed by atoms with van der Waals surface area (Å²) in [5, 5.41) is 12.0. The molecule has 1 aliphatic heterocycles. The van der Waals surface area contributed by atoms with Crippen LogP contribution in [0.4, 0.5) is 5.69 Å². The van der Waals surface area contributed by atoms with Crippen molar-refractivity contribution in [2.24, 2.45) is 0 Å². The lowest BCUT2D eigenvalue weighted by atomic mass is 10.1. The molecule has 15 heavy (non-hydrogen) atoms. The highest BCUT2D eigenvalue weighted by molar-refractivity contribution is 5.46. The molecule has 0 aliphatic carbocycles. The molecule has 2 rings (SSSR count). The van der Waals surface area contributed by atoms with Gasteiger partial charge in [-0.2, -0.15) is 5.26 Å². The number of aromatic nitrogens is 1. The van der Waals surface area contributed by atoms with Crippen molar-refractivity contribution >= 4 is 5.69 Å². The number of nitrogens with one attached hydrogen (secondary N) is 1. The molecule has 0 amide bonds. The van der Waals surface area contributed by atoms with Gasteiger partial charge in [-0.05, 0) is 25.0 Å². The van der Waals surface area contributed by atoms with Gasteiger partial charge in [0.05, 0.1) is 6.61 Å². The fourth-order valence-electron chi connectivity index (χ4n) is 1.67. The number of nitriles is 1. The van der Waals surface area contributed by atoms with E-state index in [0.29, 0.717) is 11.7 Å². The molecule has 2 heterocycles. The summed E-state index contributed by atoms with van der Waals surface area (Å²) in [6, 6.07) is 6.01. The van der Waals surface area contributed by atoms with Crippen molar-refractivity contribution in [2.75, 3.05) is 18.5 Å². The van der Waals surface area contributed by atoms with Crippen LogP contribution in [-0.4, -0.2) is 24.2 Å². The van der Waals surface area contributed by atoms with E-state index in [1.165, 1.54) is 0 Å². The number of anilines is 1. The van der Waals surface area contributed by atoms with E-state index in [1.807, 2.05) is 12.1 Å². The normalized spacial score (nSPS) is 20.6. The number of ether oxygens (including phenoxy) is 1. The molecule has 1 N–H and O–H groups in total. The molecule has 0 bridgehead atoms. The number of hydrogen-bond donors (Lipinski definition) is 1. The van der Waals surface area contributed by atoms with E-state index in [0.717, 1.165) is 31.7 Å². The first-order valence-electron chi connectivity index (χ1n) is 5.09. The summed E-state index contributed by atoms with van der Waals surface area (Å²) in [4.78, 5) is 3.92. The second-order valence-electron chi connectivity index (χ2n) is 3.60. The summed E-state index contributed by atoms with van der Waals surface area (Å²) in [5.74, 6) is 0. The Morgan fingerprint density at radius 2 is 2.53 bits per heavy atom. The maximum Gasteiger partial charge on any atom is 0.142 e. The molecular formula is C11H13N3O. The zero-order valence-corrected chi connectivity index (χ0v) is 8.44. The van der Waals surface area contributed by atoms with Gasteiger partial charge in [0.2, 0.25) is 0 Å². The molecule has 1 unspecified atom stereocenters. The van der Waals surface area contributed by atoms with Crippen LogP contribution in [-0.2, 0) is 4.74 Å². The lowest BCUT2D eigenvalue weighted by Crippen LogP contribution is -2.29. The second kappa shape index (κ2) is 4.76. The van der Waals surface area contributed by atoms with E-state index in [1.54, 1.807) is 12.3 Å². The first-order chi connectivity index (χ1) is 7.38. The van der Waals surface area contributed by atoms with Gasteiger partial charge in [-0.1, -0.05) is 0 Å². The van der Waals surface area contributed by atoms with Crippen LogP contribution in [0.3, 0.4) is 0 Å². The van der Waals surface area contributed by atoms with Gasteiger partial charge >= 0.3 is 0 Å². The Hall–Kier alpha value is -1.60. The first-order valence-corrected chi connectivity index (χ1v) is 5.09. The molecule has 1 aromatic heterocycles. The van der Waals surface area contributed by atoms with Crippen molar-refractivity contribution in [1.29, 1.82) is 5.26 Å². The molecule has 0 radical (unpaired) electrons. The Morgan fingerprint density at radius 1 is 1.60 bits per heavy atom. The molecule has 1 atom stereocenters. The highest BCUT2D eigenvalue weighted by Crippen LogP contribution is 2.14. The van der Waals surface area contributed by atoms with Crippen molar-refractivity contribution in [3.8, 4) is 6.07 Å². The maximum atomic E-state index is 8.70. The number of pyridine rings is 1. The van der Waals surface area contributed by atoms with E-state index in [4.69, 9.17) is 10.00 Å². The van der Waals surface area contributed by atoms with Crippen molar-refractivity contribution in [2.45, 2.75) is 18.9 Å². The summed E-state index contributed by atoms with van der Waals surface area (Å²) in [7, 11) is 0. The zero-order valence-electron chi connectivity index (χ0n) is 8.44. The van der Waals surface area contributed by atoms with Crippen molar-refractivity contribution in [1.82, 2.24) is 4.98 Å². The van der Waals surface area contributed by atoms with Gasteiger partial charge in [0.25, 0.3) is 0 Å². The lowest BCUT2D eigenvalue weighted by Gasteiger charge is -2.24. The van der Waals surface area contributed by atoms with Gasteiger partial charge in [0.15, 0.2) is 0 Å². The molecular weight excluding hydrogens is 190 g/mol. The fraction of sp³-hybridized carbons (Fsp3) is 0.455. The maximum absolute atomic E-state index is 8.70. The van der Waals surface area contributed by atoms with Crippen LogP contribution in [0.1, 0.15) is 18.5 Å². The average Bonchev–Trinajstić information content (AvgIpc) is 2.31. The van der Waals surface area contributed by atoms with Crippen LogP contribution in [0.15, 0.2) is 18.3 Å². The Bertz CT molecular complexity index is 366. The molecule has 1 aliphatic rings. The van der Waals surface area contributed by atoms with Crippen LogP contribution in [0.25, 0.3) is 0 Å². The molecule has 4 heteroatoms. The van der Waals surface area contributed by atoms with Gasteiger partial charge in [0.1, 0.15) is 11.8 Å². The summed E-state index contributed by atoms with van der Waals surface area (Å²) in [6.07, 6.45) is 3.85. The number of nitrogens with zero attached hydrogens (tertiary/aromatic N) is 2. The quantitative estimate of drug-likeness (QED) is 0.792. The fourth-order valence-corrected chi connectivity index (χ4v) is 1.67. The van der Waals surface area contributed by atoms with Crippen LogP contribution < -0.4 is 5.32 Å². The average molecular weight is 203 g/mol. The Morgan fingerprint density at radius 3 is 3.27 bits per heavy atom. The van der Waals surface area contributed by atoms with Crippen LogP contribution >= 0.6 is 0 Å². The summed E-state index contributed by atoms with van der Waals surface area (Å²) in [6.45, 7) is 1.60. The van der Waals surface area contributed by atoms with Crippen molar-refractivity contribution < 1.29 is 4.74 Å². The van der Waals surface area contributed by atoms with E-state index in [9.17, 15) is 0 Å². The third-order valence-electron chi connectivity index (χ3n) is 2.41. The topological polar surface area (TPSA) is 57.9 Å². The van der Waals surface area contributed by atoms with Crippen LogP contribution in [0, 0.1) is 11.3 Å². The van der Waals surface area contributed by atoms with Crippen LogP contribution in [0.2, 0.25) is 0 Å². The third kappa shape index (κ3) is 2.67. The van der Waals surface area contributed by atoms with Gasteiger partial charge < -0.3 is 10.1 Å². The second-order valence-corrected chi connectivity index (χ2v) is 3.60. The standard InChI is InChI=1S/C11H13N3O/c12-7-11-6-9(3-4-13-11)14-10-2-1-5-15-8-10/h3-4,6,10H,1-2,5,8H2,(H,13,14). The molecule has 78 valence electrons. The zero-order chi connectivity index (χ0) is 10.5. The predicted octanol–water partition coefficient (Wildman–Crippen LogP) is 1.54. The monoisotopic (exact) mass is 203 g/mol. The Balaban J connectivity index is 2.00. The minimum atomic E-state index is 0.354. The van der Waals surface area contributed by atoms with Gasteiger partial charge in [-0.3, -0.25) is 0 Å². The van der Waals surface area contributed by atoms with Gasteiger partial charge in [0, 0.05) is 24.5 Å². The lowest BCUT2D eigenvalue weighted by molar-refractivity contribution is 0.0876. The summed E-state index contributed by atoms with van der Waals surface area (Å²) in [5.41, 5.74) is 1.38. The first kappa shape index (κ1) is 9.94. The predicted molar refractivity (Wildman–Crippen MR) is 56.4 cm³/mol. The van der Waals surface area contributed by atoms with E-state index >= 15 is 0 Å². The van der Waals surface area contributed by atoms with Crippen molar-refractivity contribution in [3.05, 3.63) is 24.0 Å². The van der Waals surface area contributed by atoms with Gasteiger partial charge in [-0.15, -0.1) is 0 Å². The van der Waals surface area contributed by atoms with E-state index in [-0.39, 0.29) is 0 Å². The van der Waals surface area contributed by atoms with E-state index in [2.05, 4.69) is 10.3 Å². The summed E-state index contributed by atoms with van der Waals surface area (Å²) >= 11 is 0. The molecule has 0 saturated carbocycles. The number of rotatable bonds is 2. The Kier molecular flexibility index (Phi) is 3.15. The minimum absolute atomic E-state index is 0.354. The molecule has 1 saturated heterocycles. The highest BCUT2D eigenvalue weighted by atomic mass is 16.5. The minimum Gasteiger partial charge on any atom is -0.380 e. The number of hydrogen-bond acceptors (Lipinski definition) is 4. The smallest absolute Gasteiger partial charge is 0.142 e. The molecule has 1 fully saturated rings. The van der Waals surface area contributed by atoms with Crippen LogP contribution in [0.5, 0.6) is 0 Å². The Labute approximate surface area is 88.9 Å². The largest absolute Gasteiger partial charge is 0.380 e. The van der Waals surface area contributed by atoms with Crippen molar-refractivity contribution in [3.63, 3.8) is 0 Å². The molecule has 4 nitrogen and oxygen atoms in total. The third-order valence-corrected chi connectivity index (χ3v) is 2.41. The highest BCUT2D eigenvalue weighted by Gasteiger charge is 2.13. The van der Waals surface area contributed by atoms with Gasteiger partial charge in [-0.25, -0.2) is 4.98 Å². The molecule has 0 aromatic carbocycles. The van der Waals surface area contributed by atoms with E-state index < -0.39 is 0 Å². The SMILES string of the molecule is N#Cc1cc(NC2CCCOC2)ccn1. The summed E-state index contributed by atoms with van der Waals surface area (Å²) < 4.78 is 5.37.